The summed E-state index contributed by atoms with van der Waals surface area (Å²) in [5.41, 5.74) is -0.586. The van der Waals surface area contributed by atoms with E-state index < -0.39 is 43.5 Å². The lowest BCUT2D eigenvalue weighted by Gasteiger charge is -2.17. The van der Waals surface area contributed by atoms with Gasteiger partial charge in [-0.25, -0.2) is 13.4 Å². The summed E-state index contributed by atoms with van der Waals surface area (Å²) in [4.78, 5) is 26.7. The number of carbonyl (C=O) groups excluding carboxylic acids is 2. The number of hydrogen-bond acceptors (Lipinski definition) is 6. The van der Waals surface area contributed by atoms with E-state index in [4.69, 9.17) is 16.3 Å². The Kier molecular flexibility index (Phi) is 8.32. The van der Waals surface area contributed by atoms with Crippen LogP contribution in [0.2, 0.25) is 5.02 Å². The highest BCUT2D eigenvalue weighted by molar-refractivity contribution is 7.92. The molecule has 0 bridgehead atoms. The third-order valence-electron chi connectivity index (χ3n) is 4.74. The molecule has 38 heavy (non-hydrogen) atoms. The second kappa shape index (κ2) is 11.1. The highest BCUT2D eigenvalue weighted by Gasteiger charge is 2.34. The van der Waals surface area contributed by atoms with E-state index in [-0.39, 0.29) is 23.0 Å². The van der Waals surface area contributed by atoms with Gasteiger partial charge in [0.2, 0.25) is 17.7 Å². The molecule has 0 aliphatic rings. The van der Waals surface area contributed by atoms with Gasteiger partial charge in [0, 0.05) is 18.8 Å². The van der Waals surface area contributed by atoms with Crippen molar-refractivity contribution < 1.29 is 35.9 Å². The summed E-state index contributed by atoms with van der Waals surface area (Å²) in [6.45, 7) is 6.21. The molecule has 0 spiro atoms. The number of halogens is 4. The van der Waals surface area contributed by atoms with Crippen molar-refractivity contribution in [2.75, 3.05) is 15.4 Å². The van der Waals surface area contributed by atoms with Gasteiger partial charge in [-0.15, -0.1) is 0 Å². The Morgan fingerprint density at radius 1 is 1.08 bits per heavy atom. The SMILES string of the molecule is C=CC(=O)Nc1ccc(Oc2ncc(C)cc2NS(=O)(=O)c2ccc(Cl)c(C(F)(F)F)c2)c(NC(C)=O)c1. The summed E-state index contributed by atoms with van der Waals surface area (Å²) in [6, 6.07) is 7.76. The number of nitrogens with one attached hydrogen (secondary N) is 3. The van der Waals surface area contributed by atoms with Gasteiger partial charge in [0.25, 0.3) is 10.0 Å². The van der Waals surface area contributed by atoms with Crippen molar-refractivity contribution in [1.82, 2.24) is 4.98 Å². The number of hydrogen-bond donors (Lipinski definition) is 3. The zero-order chi connectivity index (χ0) is 28.3. The Morgan fingerprint density at radius 3 is 2.42 bits per heavy atom. The minimum Gasteiger partial charge on any atom is -0.435 e. The first-order valence-corrected chi connectivity index (χ1v) is 12.4. The maximum Gasteiger partial charge on any atom is 0.417 e. The Balaban J connectivity index is 2.00. The van der Waals surface area contributed by atoms with Crippen LogP contribution in [0.5, 0.6) is 11.6 Å². The number of alkyl halides is 3. The van der Waals surface area contributed by atoms with Gasteiger partial charge in [-0.1, -0.05) is 18.2 Å². The number of rotatable bonds is 8. The molecule has 200 valence electrons. The summed E-state index contributed by atoms with van der Waals surface area (Å²) in [5, 5.41) is 4.40. The van der Waals surface area contributed by atoms with E-state index in [1.165, 1.54) is 37.4 Å². The maximum atomic E-state index is 13.3. The molecule has 0 unspecified atom stereocenters. The standard InChI is InChI=1S/C24H20ClF3N4O5S/c1-4-22(34)31-15-5-8-21(19(10-15)30-14(3)33)37-23-20(9-13(2)12-29-23)32-38(35,36)16-6-7-18(25)17(11-16)24(26,27)28/h4-12,32H,1H2,2-3H3,(H,30,33)(H,31,34). The molecular formula is C24H20ClF3N4O5S. The normalized spacial score (nSPS) is 11.4. The lowest BCUT2D eigenvalue weighted by Crippen LogP contribution is -2.16. The number of ether oxygens (including phenoxy) is 1. The van der Waals surface area contributed by atoms with Crippen molar-refractivity contribution >= 4 is 50.5 Å². The summed E-state index contributed by atoms with van der Waals surface area (Å²) >= 11 is 5.60. The molecule has 0 aliphatic carbocycles. The van der Waals surface area contributed by atoms with Crippen LogP contribution in [-0.4, -0.2) is 25.2 Å². The second-order valence-corrected chi connectivity index (χ2v) is 9.89. The van der Waals surface area contributed by atoms with Crippen molar-refractivity contribution in [3.05, 3.63) is 77.5 Å². The second-order valence-electron chi connectivity index (χ2n) is 7.80. The van der Waals surface area contributed by atoms with Gasteiger partial charge in [-0.05, 0) is 61.0 Å². The third-order valence-corrected chi connectivity index (χ3v) is 6.43. The van der Waals surface area contributed by atoms with Gasteiger partial charge in [-0.2, -0.15) is 13.2 Å². The molecule has 3 N–H and O–H groups in total. The average Bonchev–Trinajstić information content (AvgIpc) is 2.81. The molecule has 1 heterocycles. The fourth-order valence-electron chi connectivity index (χ4n) is 3.09. The average molecular weight is 569 g/mol. The van der Waals surface area contributed by atoms with Crippen molar-refractivity contribution in [1.29, 1.82) is 0 Å². The molecule has 2 aromatic carbocycles. The van der Waals surface area contributed by atoms with Crippen LogP contribution in [0.1, 0.15) is 18.1 Å². The van der Waals surface area contributed by atoms with Crippen LogP contribution in [-0.2, 0) is 25.8 Å². The van der Waals surface area contributed by atoms with Gasteiger partial charge >= 0.3 is 6.18 Å². The Hall–Kier alpha value is -4.10. The van der Waals surface area contributed by atoms with E-state index in [1.807, 2.05) is 0 Å². The number of sulfonamides is 1. The van der Waals surface area contributed by atoms with Crippen molar-refractivity contribution in [2.45, 2.75) is 24.9 Å². The van der Waals surface area contributed by atoms with E-state index in [0.717, 1.165) is 18.2 Å². The topological polar surface area (TPSA) is 126 Å². The number of anilines is 3. The molecule has 9 nitrogen and oxygen atoms in total. The lowest BCUT2D eigenvalue weighted by atomic mass is 10.2. The van der Waals surface area contributed by atoms with Crippen LogP contribution < -0.4 is 20.1 Å². The molecule has 3 rings (SSSR count). The number of benzene rings is 2. The van der Waals surface area contributed by atoms with Crippen molar-refractivity contribution in [3.63, 3.8) is 0 Å². The summed E-state index contributed by atoms with van der Waals surface area (Å²) < 4.78 is 73.7. The fourth-order valence-corrected chi connectivity index (χ4v) is 4.38. The van der Waals surface area contributed by atoms with Gasteiger partial charge in [-0.3, -0.25) is 14.3 Å². The zero-order valence-electron chi connectivity index (χ0n) is 19.8. The first-order chi connectivity index (χ1) is 17.7. The number of carbonyl (C=O) groups is 2. The first-order valence-electron chi connectivity index (χ1n) is 10.6. The Morgan fingerprint density at radius 2 is 1.79 bits per heavy atom. The smallest absolute Gasteiger partial charge is 0.417 e. The Labute approximate surface area is 220 Å². The highest BCUT2D eigenvalue weighted by atomic mass is 35.5. The van der Waals surface area contributed by atoms with Crippen LogP contribution in [0.3, 0.4) is 0 Å². The summed E-state index contributed by atoms with van der Waals surface area (Å²) in [7, 11) is -4.55. The third kappa shape index (κ3) is 7.01. The number of aromatic nitrogens is 1. The van der Waals surface area contributed by atoms with E-state index in [2.05, 4.69) is 26.9 Å². The summed E-state index contributed by atoms with van der Waals surface area (Å²) in [6.07, 6.45) is -2.46. The predicted octanol–water partition coefficient (Wildman–Crippen LogP) is 5.74. The van der Waals surface area contributed by atoms with Gasteiger partial charge in [0.1, 0.15) is 5.69 Å². The first kappa shape index (κ1) is 28.5. The van der Waals surface area contributed by atoms with Crippen LogP contribution >= 0.6 is 11.6 Å². The number of aryl methyl sites for hydroxylation is 1. The molecule has 0 aliphatic heterocycles. The van der Waals surface area contributed by atoms with E-state index in [9.17, 15) is 31.2 Å². The summed E-state index contributed by atoms with van der Waals surface area (Å²) in [5.74, 6) is -1.21. The minimum absolute atomic E-state index is 0.0273. The van der Waals surface area contributed by atoms with Crippen LogP contribution in [0, 0.1) is 6.92 Å². The molecule has 14 heteroatoms. The molecule has 0 saturated carbocycles. The van der Waals surface area contributed by atoms with Crippen molar-refractivity contribution in [3.8, 4) is 11.6 Å². The molecule has 3 aromatic rings. The zero-order valence-corrected chi connectivity index (χ0v) is 21.4. The molecule has 0 fully saturated rings. The number of nitrogens with zero attached hydrogens (tertiary/aromatic N) is 1. The molecular weight excluding hydrogens is 549 g/mol. The predicted molar refractivity (Wildman–Crippen MR) is 136 cm³/mol. The van der Waals surface area contributed by atoms with E-state index in [1.54, 1.807) is 6.92 Å². The molecule has 2 amide bonds. The quantitative estimate of drug-likeness (QED) is 0.298. The Bertz CT molecular complexity index is 1530. The molecule has 0 atom stereocenters. The highest BCUT2D eigenvalue weighted by Crippen LogP contribution is 2.38. The van der Waals surface area contributed by atoms with Crippen molar-refractivity contribution in [2.24, 2.45) is 0 Å². The number of pyridine rings is 1. The minimum atomic E-state index is -4.88. The van der Waals surface area contributed by atoms with Gasteiger partial charge in [0.15, 0.2) is 5.75 Å². The van der Waals surface area contributed by atoms with E-state index >= 15 is 0 Å². The molecule has 0 radical (unpaired) electrons. The fraction of sp³-hybridized carbons (Fsp3) is 0.125. The van der Waals surface area contributed by atoms with Crippen LogP contribution in [0.15, 0.2) is 66.2 Å². The van der Waals surface area contributed by atoms with E-state index in [0.29, 0.717) is 17.3 Å². The van der Waals surface area contributed by atoms with Crippen LogP contribution in [0.4, 0.5) is 30.2 Å². The monoisotopic (exact) mass is 568 g/mol. The largest absolute Gasteiger partial charge is 0.435 e. The number of amides is 2. The van der Waals surface area contributed by atoms with Crippen LogP contribution in [0.25, 0.3) is 0 Å². The molecule has 0 saturated heterocycles. The van der Waals surface area contributed by atoms with Gasteiger partial charge < -0.3 is 15.4 Å². The van der Waals surface area contributed by atoms with Gasteiger partial charge in [0.05, 0.1) is 21.2 Å². The lowest BCUT2D eigenvalue weighted by molar-refractivity contribution is -0.137. The maximum absolute atomic E-state index is 13.3. The molecule has 1 aromatic heterocycles.